The van der Waals surface area contributed by atoms with Crippen LogP contribution in [0.2, 0.25) is 0 Å². The van der Waals surface area contributed by atoms with Crippen LogP contribution in [0.25, 0.3) is 22.9 Å². The van der Waals surface area contributed by atoms with Crippen molar-refractivity contribution in [2.75, 3.05) is 32.8 Å². The summed E-state index contributed by atoms with van der Waals surface area (Å²) in [5, 5.41) is 61.8. The molecular weight excluding hydrogens is 853 g/mol. The fraction of sp³-hybridized carbons (Fsp3) is 0.509. The molecule has 11 nitrogen and oxygen atoms in total. The van der Waals surface area contributed by atoms with E-state index in [-0.39, 0.29) is 54.3 Å². The first kappa shape index (κ1) is 47.0. The van der Waals surface area contributed by atoms with E-state index in [1.807, 2.05) is 18.2 Å². The van der Waals surface area contributed by atoms with Crippen molar-refractivity contribution in [1.82, 2.24) is 5.32 Å². The zero-order valence-electron chi connectivity index (χ0n) is 39.6. The zero-order valence-corrected chi connectivity index (χ0v) is 39.6. The van der Waals surface area contributed by atoms with Gasteiger partial charge in [0.2, 0.25) is 0 Å². The molecule has 2 fully saturated rings. The standard InChI is InChI=1S/C57H70N4O7/c1-34(63)30-59-31-48-47-29-50(61-55(47)38-18-21-57(48)20-6-7-41(57)24-38)52(65)33-67-54-23-35(11-17-51(54)64)10-14-43-26-40(32-62)53(68-43)9-5-3-2-4-8-42(58)25-39-13-15-44-45(56(39)66)16-12-36-28-49-37(19-22-60-49)27-46(36)44/h11-13,15-19,21,23,26-29,34,38-39,41-42,48,52-53,56,59,62-63,65-66,68H,2-10,14,20,22,24-25,30-33,58H2,1H3/p+1/t34-,38-,39+,41+,42-,48-,52-,53?,56+,57+/m0/s1. The van der Waals surface area contributed by atoms with Crippen LogP contribution in [0.1, 0.15) is 107 Å². The number of aliphatic imine (C=N–C) groups is 1. The molecule has 0 radical (unpaired) electrons. The molecule has 1 spiro atoms. The quantitative estimate of drug-likeness (QED) is 0.0281. The molecule has 8 aliphatic rings. The van der Waals surface area contributed by atoms with Crippen molar-refractivity contribution in [3.8, 4) is 11.5 Å². The van der Waals surface area contributed by atoms with Crippen molar-refractivity contribution in [3.05, 3.63) is 123 Å². The van der Waals surface area contributed by atoms with E-state index in [9.17, 15) is 25.5 Å². The van der Waals surface area contributed by atoms with Gasteiger partial charge in [0.05, 0.1) is 48.1 Å². The maximum atomic E-state index is 11.4. The first-order valence-electron chi connectivity index (χ1n) is 25.6. The Labute approximate surface area is 401 Å². The third-order valence-corrected chi connectivity index (χ3v) is 16.3. The molecule has 5 aliphatic carbocycles. The summed E-state index contributed by atoms with van der Waals surface area (Å²) in [5.74, 6) is 1.42. The highest BCUT2D eigenvalue weighted by atomic mass is 16.5. The second-order valence-electron chi connectivity index (χ2n) is 20.8. The van der Waals surface area contributed by atoms with Crippen LogP contribution in [0, 0.1) is 41.2 Å². The fourth-order valence-electron chi connectivity index (χ4n) is 12.6. The number of hydrogen-bond acceptors (Lipinski definition) is 10. The maximum Gasteiger partial charge on any atom is 0.196 e. The predicted octanol–water partition coefficient (Wildman–Crippen LogP) is 6.30. The third kappa shape index (κ3) is 9.60. The number of nitrogens with zero attached hydrogens (tertiary/aromatic N) is 2. The Morgan fingerprint density at radius 1 is 1.09 bits per heavy atom. The van der Waals surface area contributed by atoms with Crippen molar-refractivity contribution in [1.29, 1.82) is 0 Å². The molecule has 9 N–H and O–H groups in total. The zero-order chi connectivity index (χ0) is 46.9. The van der Waals surface area contributed by atoms with Gasteiger partial charge in [-0.3, -0.25) is 4.99 Å². The number of ether oxygens (including phenoxy) is 2. The number of unbranched alkanes of at least 4 members (excludes halogenated alkanes) is 3. The Morgan fingerprint density at radius 3 is 2.84 bits per heavy atom. The number of aryl methyl sites for hydroxylation is 1. The van der Waals surface area contributed by atoms with Gasteiger partial charge in [-0.2, -0.15) is 0 Å². The number of hydrogen-bond donors (Lipinski definition) is 7. The van der Waals surface area contributed by atoms with Crippen LogP contribution in [0.4, 0.5) is 0 Å². The van der Waals surface area contributed by atoms with Gasteiger partial charge in [0, 0.05) is 43.5 Å². The second kappa shape index (κ2) is 20.3. The molecule has 0 saturated heterocycles. The van der Waals surface area contributed by atoms with Gasteiger partial charge < -0.3 is 46.1 Å². The highest BCUT2D eigenvalue weighted by Gasteiger charge is 2.59. The molecule has 3 aromatic rings. The Hall–Kier alpha value is -4.72. The van der Waals surface area contributed by atoms with Crippen LogP contribution < -0.4 is 26.4 Å². The van der Waals surface area contributed by atoms with Gasteiger partial charge in [-0.25, -0.2) is 0 Å². The monoisotopic (exact) mass is 924 g/mol. The van der Waals surface area contributed by atoms with Crippen molar-refractivity contribution in [2.24, 2.45) is 44.8 Å². The largest absolute Gasteiger partial charge is 0.504 e. The van der Waals surface area contributed by atoms with Crippen LogP contribution in [-0.2, 0) is 6.42 Å². The molecule has 0 aromatic heterocycles. The first-order chi connectivity index (χ1) is 33.1. The minimum absolute atomic E-state index is 0.00422. The SMILES string of the molecule is C[C@H](O)CNC[C@H]1C2=C[C+]([C@@H](O)COc3cc(CC[C-]4C=C(CO)C(CCCCCC[C@H](N)C[C@H]5C=Cc6c(ccc7cc8c(cc67)=CCN=8)[C@@H]5O)[OH+]4)ccc3O)N=C2[C@H]2C=C[C@@]13CCC[C@@H]3C2. The molecule has 2 bridgehead atoms. The van der Waals surface area contributed by atoms with Crippen molar-refractivity contribution in [2.45, 2.75) is 121 Å². The number of rotatable bonds is 21. The highest BCUT2D eigenvalue weighted by Crippen LogP contribution is 2.60. The Bertz CT molecular complexity index is 2620. The van der Waals surface area contributed by atoms with Gasteiger partial charge in [-0.05, 0) is 121 Å². The van der Waals surface area contributed by atoms with Crippen LogP contribution in [0.15, 0.2) is 94.0 Å². The number of allylic oxidation sites excluding steroid dienone is 2. The first-order valence-corrected chi connectivity index (χ1v) is 25.6. The van der Waals surface area contributed by atoms with E-state index in [1.54, 1.807) is 13.0 Å². The lowest BCUT2D eigenvalue weighted by Gasteiger charge is -2.39. The number of nitrogens with two attached hydrogens (primary N) is 1. The molecule has 3 aliphatic heterocycles. The summed E-state index contributed by atoms with van der Waals surface area (Å²) >= 11 is 0. The van der Waals surface area contributed by atoms with E-state index in [1.165, 1.54) is 23.6 Å². The van der Waals surface area contributed by atoms with Crippen molar-refractivity contribution >= 4 is 28.6 Å². The Balaban J connectivity index is 0.654. The summed E-state index contributed by atoms with van der Waals surface area (Å²) in [6.45, 7) is 3.78. The smallest absolute Gasteiger partial charge is 0.196 e. The molecule has 3 aromatic carbocycles. The number of aliphatic hydroxyl groups excluding tert-OH is 4. The lowest BCUT2D eigenvalue weighted by Crippen LogP contribution is -2.41. The average Bonchev–Trinajstić information content (AvgIpc) is 4.15. The molecule has 10 atom stereocenters. The number of aliphatic hydroxyl groups is 6. The summed E-state index contributed by atoms with van der Waals surface area (Å²) in [4.78, 5) is 9.62. The van der Waals surface area contributed by atoms with E-state index in [2.05, 4.69) is 71.0 Å². The number of fused-ring (bicyclic) bond motifs is 4. The summed E-state index contributed by atoms with van der Waals surface area (Å²) in [6.07, 6.45) is 27.3. The Morgan fingerprint density at radius 2 is 1.97 bits per heavy atom. The molecule has 0 amide bonds. The molecular formula is C57H71N4O7+. The normalized spacial score (nSPS) is 27.7. The third-order valence-electron chi connectivity index (χ3n) is 16.3. The molecule has 1 unspecified atom stereocenters. The van der Waals surface area contributed by atoms with Crippen LogP contribution >= 0.6 is 0 Å². The minimum atomic E-state index is -0.961. The lowest BCUT2D eigenvalue weighted by atomic mass is 9.64. The molecule has 3 heterocycles. The van der Waals surface area contributed by atoms with E-state index in [0.29, 0.717) is 37.1 Å². The molecule has 2 saturated carbocycles. The Kier molecular flexibility index (Phi) is 14.0. The number of phenols is 1. The lowest BCUT2D eigenvalue weighted by molar-refractivity contribution is -0.0552. The van der Waals surface area contributed by atoms with E-state index in [4.69, 9.17) is 20.2 Å². The molecule has 11 rings (SSSR count). The maximum absolute atomic E-state index is 11.4. The minimum Gasteiger partial charge on any atom is -0.504 e. The number of aromatic hydroxyl groups is 1. The average molecular weight is 924 g/mol. The summed E-state index contributed by atoms with van der Waals surface area (Å²) in [7, 11) is 0. The van der Waals surface area contributed by atoms with Gasteiger partial charge in [0.25, 0.3) is 0 Å². The van der Waals surface area contributed by atoms with Crippen molar-refractivity contribution < 1.29 is 35.0 Å². The summed E-state index contributed by atoms with van der Waals surface area (Å²) in [6, 6.07) is 14.5. The summed E-state index contributed by atoms with van der Waals surface area (Å²) in [5.41, 5.74) is 13.0. The fourth-order valence-corrected chi connectivity index (χ4v) is 12.6. The van der Waals surface area contributed by atoms with Crippen LogP contribution in [-0.4, -0.2) is 93.2 Å². The van der Waals surface area contributed by atoms with Crippen molar-refractivity contribution in [3.63, 3.8) is 0 Å². The van der Waals surface area contributed by atoms with E-state index >= 15 is 0 Å². The molecule has 68 heavy (non-hydrogen) atoms. The number of nitrogens with one attached hydrogen (secondary N) is 1. The van der Waals surface area contributed by atoms with Crippen LogP contribution in [0.3, 0.4) is 0 Å². The number of benzene rings is 3. The van der Waals surface area contributed by atoms with Gasteiger partial charge in [0.1, 0.15) is 18.3 Å². The van der Waals surface area contributed by atoms with Crippen LogP contribution in [0.5, 0.6) is 11.5 Å². The molecule has 360 valence electrons. The predicted molar refractivity (Wildman–Crippen MR) is 268 cm³/mol. The highest BCUT2D eigenvalue weighted by molar-refractivity contribution is 6.07. The van der Waals surface area contributed by atoms with E-state index < -0.39 is 18.3 Å². The second-order valence-corrected chi connectivity index (χ2v) is 20.8. The summed E-state index contributed by atoms with van der Waals surface area (Å²) < 4.78 is 11.1. The van der Waals surface area contributed by atoms with Gasteiger partial charge in [-0.15, -0.1) is 16.6 Å². The van der Waals surface area contributed by atoms with Gasteiger partial charge in [-0.1, -0.05) is 74.3 Å². The topological polar surface area (TPSA) is 186 Å². The molecule has 11 heteroatoms. The van der Waals surface area contributed by atoms with E-state index in [0.717, 1.165) is 121 Å². The van der Waals surface area contributed by atoms with Gasteiger partial charge >= 0.3 is 0 Å². The van der Waals surface area contributed by atoms with Gasteiger partial charge in [0.15, 0.2) is 29.4 Å². The number of phenolic OH excluding ortho intramolecular Hbond substituents is 1.